The minimum Gasteiger partial charge on any atom is -0.311 e. The van der Waals surface area contributed by atoms with Crippen molar-refractivity contribution in [2.24, 2.45) is 5.92 Å². The second-order valence-corrected chi connectivity index (χ2v) is 5.66. The normalized spacial score (nSPS) is 27.9. The Morgan fingerprint density at radius 1 is 1.06 bits per heavy atom. The summed E-state index contributed by atoms with van der Waals surface area (Å²) in [5.41, 5.74) is 0. The first kappa shape index (κ1) is 14.0. The Bertz CT molecular complexity index is 167. The molecule has 3 atom stereocenters. The minimum atomic E-state index is 0.787. The van der Waals surface area contributed by atoms with Crippen LogP contribution in [0.3, 0.4) is 0 Å². The van der Waals surface area contributed by atoms with Crippen molar-refractivity contribution >= 4 is 0 Å². The molecule has 0 radical (unpaired) electrons. The summed E-state index contributed by atoms with van der Waals surface area (Å²) in [7, 11) is 0. The van der Waals surface area contributed by atoms with Gasteiger partial charge in [-0.3, -0.25) is 0 Å². The highest BCUT2D eigenvalue weighted by Crippen LogP contribution is 2.25. The van der Waals surface area contributed by atoms with Gasteiger partial charge < -0.3 is 5.32 Å². The first-order valence-electron chi connectivity index (χ1n) is 7.54. The predicted molar refractivity (Wildman–Crippen MR) is 72.8 cm³/mol. The van der Waals surface area contributed by atoms with Gasteiger partial charge in [0.15, 0.2) is 0 Å². The van der Waals surface area contributed by atoms with E-state index in [0.29, 0.717) is 0 Å². The molecule has 16 heavy (non-hydrogen) atoms. The van der Waals surface area contributed by atoms with Gasteiger partial charge in [-0.05, 0) is 31.6 Å². The van der Waals surface area contributed by atoms with Crippen molar-refractivity contribution in [2.75, 3.05) is 0 Å². The van der Waals surface area contributed by atoms with Gasteiger partial charge in [-0.25, -0.2) is 0 Å². The topological polar surface area (TPSA) is 12.0 Å². The summed E-state index contributed by atoms with van der Waals surface area (Å²) < 4.78 is 0. The van der Waals surface area contributed by atoms with Crippen LogP contribution in [0.1, 0.15) is 78.6 Å². The Morgan fingerprint density at radius 3 is 2.44 bits per heavy atom. The number of hydrogen-bond donors (Lipinski definition) is 1. The first-order valence-corrected chi connectivity index (χ1v) is 7.54. The largest absolute Gasteiger partial charge is 0.311 e. The van der Waals surface area contributed by atoms with Gasteiger partial charge in [0.1, 0.15) is 0 Å². The van der Waals surface area contributed by atoms with Crippen molar-refractivity contribution in [2.45, 2.75) is 90.6 Å². The fourth-order valence-electron chi connectivity index (χ4n) is 2.98. The average molecular weight is 225 g/mol. The number of rotatable bonds is 7. The molecule has 1 heteroatoms. The average Bonchev–Trinajstić information content (AvgIpc) is 2.29. The van der Waals surface area contributed by atoms with E-state index < -0.39 is 0 Å². The Kier molecular flexibility index (Phi) is 7.11. The molecule has 1 fully saturated rings. The van der Waals surface area contributed by atoms with Crippen molar-refractivity contribution in [1.29, 1.82) is 0 Å². The van der Waals surface area contributed by atoms with E-state index in [1.165, 1.54) is 57.8 Å². The van der Waals surface area contributed by atoms with Gasteiger partial charge in [0, 0.05) is 12.1 Å². The molecule has 1 rings (SSSR count). The lowest BCUT2D eigenvalue weighted by atomic mass is 9.85. The highest BCUT2D eigenvalue weighted by molar-refractivity contribution is 4.81. The molecule has 0 bridgehead atoms. The lowest BCUT2D eigenvalue weighted by molar-refractivity contribution is 0.246. The van der Waals surface area contributed by atoms with Crippen molar-refractivity contribution in [1.82, 2.24) is 5.32 Å². The zero-order valence-corrected chi connectivity index (χ0v) is 11.6. The molecule has 0 heterocycles. The summed E-state index contributed by atoms with van der Waals surface area (Å²) in [5, 5.41) is 3.94. The molecule has 1 aliphatic carbocycles. The molecule has 1 N–H and O–H groups in total. The summed E-state index contributed by atoms with van der Waals surface area (Å²) >= 11 is 0. The molecule has 0 aromatic carbocycles. The third-order valence-electron chi connectivity index (χ3n) is 4.10. The van der Waals surface area contributed by atoms with Crippen molar-refractivity contribution in [3.63, 3.8) is 0 Å². The maximum absolute atomic E-state index is 3.94. The van der Waals surface area contributed by atoms with E-state index in [1.807, 2.05) is 0 Å². The summed E-state index contributed by atoms with van der Waals surface area (Å²) in [4.78, 5) is 0. The Balaban J connectivity index is 2.33. The van der Waals surface area contributed by atoms with E-state index >= 15 is 0 Å². The third-order valence-corrected chi connectivity index (χ3v) is 4.10. The molecule has 1 saturated carbocycles. The molecular weight excluding hydrogens is 194 g/mol. The van der Waals surface area contributed by atoms with Crippen molar-refractivity contribution in [3.05, 3.63) is 0 Å². The van der Waals surface area contributed by atoms with Crippen LogP contribution in [0.5, 0.6) is 0 Å². The highest BCUT2D eigenvalue weighted by Gasteiger charge is 2.23. The zero-order valence-electron chi connectivity index (χ0n) is 11.6. The molecular formula is C15H31N. The molecule has 0 aromatic rings. The van der Waals surface area contributed by atoms with Crippen LogP contribution in [0.15, 0.2) is 0 Å². The van der Waals surface area contributed by atoms with Gasteiger partial charge in [0.2, 0.25) is 0 Å². The fraction of sp³-hybridized carbons (Fsp3) is 1.00. The number of unbranched alkanes of at least 4 members (excludes halogenated alkanes) is 1. The second-order valence-electron chi connectivity index (χ2n) is 5.66. The smallest absolute Gasteiger partial charge is 0.00952 e. The first-order chi connectivity index (χ1) is 7.77. The monoisotopic (exact) mass is 225 g/mol. The summed E-state index contributed by atoms with van der Waals surface area (Å²) in [5.74, 6) is 0.898. The van der Waals surface area contributed by atoms with Crippen LogP contribution in [-0.4, -0.2) is 12.1 Å². The molecule has 0 aromatic heterocycles. The van der Waals surface area contributed by atoms with Gasteiger partial charge in [0.05, 0.1) is 0 Å². The van der Waals surface area contributed by atoms with Crippen LogP contribution in [0.4, 0.5) is 0 Å². The molecule has 0 saturated heterocycles. The molecule has 0 amide bonds. The highest BCUT2D eigenvalue weighted by atomic mass is 15.0. The summed E-state index contributed by atoms with van der Waals surface area (Å²) in [6.45, 7) is 7.04. The van der Waals surface area contributed by atoms with E-state index in [-0.39, 0.29) is 0 Å². The maximum atomic E-state index is 3.94. The van der Waals surface area contributed by atoms with Crippen LogP contribution in [0.2, 0.25) is 0 Å². The van der Waals surface area contributed by atoms with Crippen molar-refractivity contribution < 1.29 is 0 Å². The minimum absolute atomic E-state index is 0.787. The second kappa shape index (κ2) is 8.11. The predicted octanol–water partition coefficient (Wildman–Crippen LogP) is 4.51. The van der Waals surface area contributed by atoms with Crippen LogP contribution in [0.25, 0.3) is 0 Å². The summed E-state index contributed by atoms with van der Waals surface area (Å²) in [6.07, 6.45) is 12.5. The van der Waals surface area contributed by atoms with E-state index in [1.54, 1.807) is 0 Å². The van der Waals surface area contributed by atoms with E-state index in [9.17, 15) is 0 Å². The Hall–Kier alpha value is -0.0400. The van der Waals surface area contributed by atoms with Crippen LogP contribution < -0.4 is 5.32 Å². The molecule has 0 aliphatic heterocycles. The van der Waals surface area contributed by atoms with Crippen molar-refractivity contribution in [3.8, 4) is 0 Å². The third kappa shape index (κ3) is 4.86. The fourth-order valence-corrected chi connectivity index (χ4v) is 2.98. The molecule has 1 aliphatic rings. The maximum Gasteiger partial charge on any atom is 0.00952 e. The molecule has 3 unspecified atom stereocenters. The number of hydrogen-bond acceptors (Lipinski definition) is 1. The van der Waals surface area contributed by atoms with Gasteiger partial charge in [-0.1, -0.05) is 52.9 Å². The standard InChI is InChI=1S/C15H31N/c1-4-6-11-14(9-5-2)16-15-12-8-7-10-13(15)3/h13-16H,4-12H2,1-3H3. The molecule has 1 nitrogen and oxygen atoms in total. The van der Waals surface area contributed by atoms with E-state index in [4.69, 9.17) is 0 Å². The lowest BCUT2D eigenvalue weighted by Gasteiger charge is -2.33. The zero-order chi connectivity index (χ0) is 11.8. The van der Waals surface area contributed by atoms with Gasteiger partial charge >= 0.3 is 0 Å². The van der Waals surface area contributed by atoms with Gasteiger partial charge in [-0.2, -0.15) is 0 Å². The van der Waals surface area contributed by atoms with E-state index in [0.717, 1.165) is 18.0 Å². The van der Waals surface area contributed by atoms with Gasteiger partial charge in [0.25, 0.3) is 0 Å². The molecule has 96 valence electrons. The van der Waals surface area contributed by atoms with Crippen LogP contribution >= 0.6 is 0 Å². The molecule has 0 spiro atoms. The van der Waals surface area contributed by atoms with E-state index in [2.05, 4.69) is 26.1 Å². The lowest BCUT2D eigenvalue weighted by Crippen LogP contribution is -2.43. The quantitative estimate of drug-likeness (QED) is 0.672. The van der Waals surface area contributed by atoms with Gasteiger partial charge in [-0.15, -0.1) is 0 Å². The Morgan fingerprint density at radius 2 is 1.81 bits per heavy atom. The SMILES string of the molecule is CCCCC(CCC)NC1CCCCC1C. The van der Waals surface area contributed by atoms with Crippen LogP contribution in [0, 0.1) is 5.92 Å². The van der Waals surface area contributed by atoms with Crippen LogP contribution in [-0.2, 0) is 0 Å². The summed E-state index contributed by atoms with van der Waals surface area (Å²) in [6, 6.07) is 1.60. The number of nitrogens with one attached hydrogen (secondary N) is 1. The Labute approximate surface area is 102 Å².